The number of nitrogens with zero attached hydrogens (tertiary/aromatic N) is 1. The van der Waals surface area contributed by atoms with Gasteiger partial charge in [-0.25, -0.2) is 4.79 Å². The Morgan fingerprint density at radius 2 is 1.94 bits per heavy atom. The number of hydrogen-bond donors (Lipinski definition) is 3. The van der Waals surface area contributed by atoms with Crippen molar-refractivity contribution < 1.29 is 14.7 Å². The summed E-state index contributed by atoms with van der Waals surface area (Å²) in [5.74, 6) is 4.16. The van der Waals surface area contributed by atoms with Gasteiger partial charge in [-0.2, -0.15) is 0 Å². The van der Waals surface area contributed by atoms with Gasteiger partial charge in [0, 0.05) is 6.42 Å². The largest absolute Gasteiger partial charge is 0.438 e. The Hall–Kier alpha value is -1.14. The number of aliphatic hydroxyl groups excluding tert-OH is 2. The molecular weight excluding hydrogens is 416 g/mol. The first-order chi connectivity index (χ1) is 15.7. The van der Waals surface area contributed by atoms with Gasteiger partial charge in [0.2, 0.25) is 0 Å². The highest BCUT2D eigenvalue weighted by molar-refractivity contribution is 5.13. The Morgan fingerprint density at radius 1 is 1.15 bits per heavy atom. The molecule has 11 atom stereocenters. The van der Waals surface area contributed by atoms with Crippen LogP contribution in [-0.4, -0.2) is 32.6 Å². The van der Waals surface area contributed by atoms with Gasteiger partial charge in [0.1, 0.15) is 0 Å². The number of aryl methyl sites for hydroxylation is 1. The van der Waals surface area contributed by atoms with Gasteiger partial charge in [-0.3, -0.25) is 9.51 Å². The first-order valence-electron chi connectivity index (χ1n) is 13.6. The van der Waals surface area contributed by atoms with E-state index < -0.39 is 5.76 Å². The predicted molar refractivity (Wildman–Crippen MR) is 126 cm³/mol. The summed E-state index contributed by atoms with van der Waals surface area (Å²) in [6.45, 7) is 9.62. The third-order valence-electron chi connectivity index (χ3n) is 11.4. The lowest BCUT2D eigenvalue weighted by atomic mass is 9.41. The molecule has 4 aliphatic carbocycles. The van der Waals surface area contributed by atoms with Crippen molar-refractivity contribution in [1.29, 1.82) is 0 Å². The van der Waals surface area contributed by atoms with E-state index in [4.69, 9.17) is 0 Å². The number of H-pyrrole nitrogens is 1. The summed E-state index contributed by atoms with van der Waals surface area (Å²) in [5, 5.41) is 26.0. The van der Waals surface area contributed by atoms with Crippen molar-refractivity contribution >= 4 is 0 Å². The minimum atomic E-state index is -0.475. The molecule has 0 bridgehead atoms. The molecular formula is C27H44N2O4. The summed E-state index contributed by atoms with van der Waals surface area (Å²) in [6.07, 6.45) is 10.0. The van der Waals surface area contributed by atoms with Gasteiger partial charge >= 0.3 is 5.76 Å². The van der Waals surface area contributed by atoms with Crippen molar-refractivity contribution in [3.63, 3.8) is 0 Å². The molecule has 1 heterocycles. The van der Waals surface area contributed by atoms with Gasteiger partial charge in [-0.05, 0) is 104 Å². The normalized spacial score (nSPS) is 48.1. The minimum Gasteiger partial charge on any atom is -0.393 e. The summed E-state index contributed by atoms with van der Waals surface area (Å²) in [6, 6.07) is 0. The standard InChI is InChI=1S/C27H44N2O4/c1-5-16-12-18-20-8-7-19(15(2)6-9-23-28-25(32)33-29-23)27(20,4)14-22(31)24(18)26(3)11-10-17(30)13-21(16)26/h15-22,24,30-31H,5-14H2,1-4H3,(H,28,29,32)/t15-,16+,17-,18?,19-,20?,21?,22?,24?,26+,27-/m1/s1. The van der Waals surface area contributed by atoms with Crippen molar-refractivity contribution in [2.24, 2.45) is 52.3 Å². The van der Waals surface area contributed by atoms with Crippen LogP contribution in [0.25, 0.3) is 0 Å². The van der Waals surface area contributed by atoms with Gasteiger partial charge < -0.3 is 10.2 Å². The molecule has 1 aromatic heterocycles. The minimum absolute atomic E-state index is 0.156. The summed E-state index contributed by atoms with van der Waals surface area (Å²) in [5.41, 5.74) is 0.332. The zero-order valence-corrected chi connectivity index (χ0v) is 20.9. The van der Waals surface area contributed by atoms with Crippen molar-refractivity contribution in [2.45, 2.75) is 104 Å². The average molecular weight is 461 g/mol. The number of aromatic nitrogens is 2. The Bertz CT molecular complexity index is 897. The quantitative estimate of drug-likeness (QED) is 0.598. The van der Waals surface area contributed by atoms with Gasteiger partial charge in [-0.15, -0.1) is 0 Å². The van der Waals surface area contributed by atoms with Crippen LogP contribution < -0.4 is 5.76 Å². The van der Waals surface area contributed by atoms with Crippen LogP contribution in [0.4, 0.5) is 0 Å². The fourth-order valence-electron chi connectivity index (χ4n) is 9.97. The summed E-state index contributed by atoms with van der Waals surface area (Å²) < 4.78 is 4.67. The Morgan fingerprint density at radius 3 is 2.64 bits per heavy atom. The van der Waals surface area contributed by atoms with E-state index >= 15 is 0 Å². The van der Waals surface area contributed by atoms with Crippen molar-refractivity contribution in [1.82, 2.24) is 10.1 Å². The highest BCUT2D eigenvalue weighted by Crippen LogP contribution is 2.69. The smallest absolute Gasteiger partial charge is 0.393 e. The second kappa shape index (κ2) is 8.51. The maximum absolute atomic E-state index is 11.7. The lowest BCUT2D eigenvalue weighted by Gasteiger charge is -2.64. The molecule has 33 heavy (non-hydrogen) atoms. The van der Waals surface area contributed by atoms with Crippen LogP contribution >= 0.6 is 0 Å². The zero-order chi connectivity index (χ0) is 23.5. The molecule has 4 saturated carbocycles. The van der Waals surface area contributed by atoms with Crippen LogP contribution in [0, 0.1) is 52.3 Å². The van der Waals surface area contributed by atoms with Crippen molar-refractivity contribution in [3.8, 4) is 0 Å². The van der Waals surface area contributed by atoms with Crippen LogP contribution in [-0.2, 0) is 6.42 Å². The van der Waals surface area contributed by atoms with Gasteiger partial charge in [0.25, 0.3) is 0 Å². The monoisotopic (exact) mass is 460 g/mol. The van der Waals surface area contributed by atoms with Crippen LogP contribution in [0.2, 0.25) is 0 Å². The summed E-state index contributed by atoms with van der Waals surface area (Å²) in [7, 11) is 0. The number of aliphatic hydroxyl groups is 2. The van der Waals surface area contributed by atoms with E-state index in [1.54, 1.807) is 0 Å². The van der Waals surface area contributed by atoms with E-state index in [2.05, 4.69) is 42.4 Å². The van der Waals surface area contributed by atoms with E-state index in [-0.39, 0.29) is 23.0 Å². The molecule has 5 rings (SSSR count). The number of fused-ring (bicyclic) bond motifs is 5. The number of hydrogen-bond acceptors (Lipinski definition) is 5. The van der Waals surface area contributed by atoms with Gasteiger partial charge in [-0.1, -0.05) is 39.3 Å². The number of aromatic amines is 1. The van der Waals surface area contributed by atoms with E-state index in [0.717, 1.165) is 38.5 Å². The highest BCUT2D eigenvalue weighted by Gasteiger charge is 2.64. The topological polar surface area (TPSA) is 99.4 Å². The molecule has 4 fully saturated rings. The zero-order valence-electron chi connectivity index (χ0n) is 20.9. The van der Waals surface area contributed by atoms with Crippen LogP contribution in [0.1, 0.15) is 91.3 Å². The van der Waals surface area contributed by atoms with Gasteiger partial charge in [0.05, 0.1) is 12.2 Å². The molecule has 4 aliphatic rings. The van der Waals surface area contributed by atoms with Crippen molar-refractivity contribution in [2.75, 3.05) is 0 Å². The van der Waals surface area contributed by atoms with Crippen LogP contribution in [0.5, 0.6) is 0 Å². The van der Waals surface area contributed by atoms with E-state index in [1.807, 2.05) is 0 Å². The number of nitrogens with one attached hydrogen (secondary N) is 1. The fourth-order valence-corrected chi connectivity index (χ4v) is 9.97. The fraction of sp³-hybridized carbons (Fsp3) is 0.926. The van der Waals surface area contributed by atoms with Gasteiger partial charge in [0.15, 0.2) is 5.82 Å². The summed E-state index contributed by atoms with van der Waals surface area (Å²) >= 11 is 0. The molecule has 0 radical (unpaired) electrons. The van der Waals surface area contributed by atoms with Crippen LogP contribution in [0.3, 0.4) is 0 Å². The van der Waals surface area contributed by atoms with Crippen LogP contribution in [0.15, 0.2) is 9.32 Å². The molecule has 0 amide bonds. The molecule has 5 unspecified atom stereocenters. The second-order valence-electron chi connectivity index (χ2n) is 12.8. The molecule has 186 valence electrons. The molecule has 6 heteroatoms. The molecule has 0 saturated heterocycles. The maximum Gasteiger partial charge on any atom is 0.438 e. The third kappa shape index (κ3) is 3.74. The molecule has 0 aromatic carbocycles. The first kappa shape index (κ1) is 23.6. The SMILES string of the molecule is CC[C@H]1CC2C(C(O)C[C@@]3(C)C2CC[C@@H]3[C@H](C)CCc2noc(=O)[nH]2)[C@@]2(C)CC[C@@H](O)CC12. The van der Waals surface area contributed by atoms with Crippen molar-refractivity contribution in [3.05, 3.63) is 16.4 Å². The molecule has 0 aliphatic heterocycles. The Balaban J connectivity index is 1.37. The average Bonchev–Trinajstić information content (AvgIpc) is 3.34. The lowest BCUT2D eigenvalue weighted by Crippen LogP contribution is -2.61. The first-order valence-corrected chi connectivity index (χ1v) is 13.6. The maximum atomic E-state index is 11.7. The predicted octanol–water partition coefficient (Wildman–Crippen LogP) is 4.56. The molecule has 3 N–H and O–H groups in total. The second-order valence-corrected chi connectivity index (χ2v) is 12.8. The highest BCUT2D eigenvalue weighted by atomic mass is 16.5. The molecule has 0 spiro atoms. The molecule has 6 nitrogen and oxygen atoms in total. The van der Waals surface area contributed by atoms with E-state index in [0.29, 0.717) is 47.2 Å². The third-order valence-corrected chi connectivity index (χ3v) is 11.4. The Labute approximate surface area is 197 Å². The van der Waals surface area contributed by atoms with E-state index in [1.165, 1.54) is 25.7 Å². The lowest BCUT2D eigenvalue weighted by molar-refractivity contribution is -0.196. The Kier molecular flexibility index (Phi) is 6.09. The van der Waals surface area contributed by atoms with E-state index in [9.17, 15) is 15.0 Å². The summed E-state index contributed by atoms with van der Waals surface area (Å²) in [4.78, 5) is 14.0. The number of rotatable bonds is 5. The molecule has 1 aromatic rings.